The molecule has 3 rings (SSSR count). The molecule has 0 saturated heterocycles. The lowest BCUT2D eigenvalue weighted by Crippen LogP contribution is -1.98. The predicted molar refractivity (Wildman–Crippen MR) is 95.9 cm³/mol. The number of ketones is 1. The third kappa shape index (κ3) is 3.57. The van der Waals surface area contributed by atoms with Crippen molar-refractivity contribution in [3.63, 3.8) is 0 Å². The Balaban J connectivity index is 2.13. The number of allylic oxidation sites excluding steroid dienone is 2. The van der Waals surface area contributed by atoms with Gasteiger partial charge in [-0.2, -0.15) is 0 Å². The molecule has 0 spiro atoms. The van der Waals surface area contributed by atoms with E-state index in [9.17, 15) is 4.79 Å². The zero-order chi connectivity index (χ0) is 16.2. The van der Waals surface area contributed by atoms with E-state index in [0.29, 0.717) is 11.5 Å². The first-order valence-corrected chi connectivity index (χ1v) is 8.84. The van der Waals surface area contributed by atoms with E-state index in [1.165, 1.54) is 13.0 Å². The minimum atomic E-state index is -0.0345. The van der Waals surface area contributed by atoms with E-state index in [1.807, 2.05) is 35.0 Å². The van der Waals surface area contributed by atoms with E-state index >= 15 is 0 Å². The molecule has 3 aromatic rings. The zero-order valence-corrected chi connectivity index (χ0v) is 14.4. The highest BCUT2D eigenvalue weighted by atomic mass is 32.1. The molecule has 23 heavy (non-hydrogen) atoms. The van der Waals surface area contributed by atoms with Crippen molar-refractivity contribution in [3.8, 4) is 26.8 Å². The number of ether oxygens (including phenoxy) is 1. The minimum absolute atomic E-state index is 0.0345. The molecule has 0 atom stereocenters. The van der Waals surface area contributed by atoms with Gasteiger partial charge in [-0.3, -0.25) is 9.78 Å². The van der Waals surface area contributed by atoms with Crippen LogP contribution in [-0.2, 0) is 4.79 Å². The second kappa shape index (κ2) is 6.89. The van der Waals surface area contributed by atoms with Gasteiger partial charge in [0.15, 0.2) is 5.78 Å². The van der Waals surface area contributed by atoms with Gasteiger partial charge in [-0.1, -0.05) is 12.1 Å². The monoisotopic (exact) mass is 341 g/mol. The Morgan fingerprint density at radius 1 is 1.09 bits per heavy atom. The zero-order valence-electron chi connectivity index (χ0n) is 12.8. The van der Waals surface area contributed by atoms with Crippen LogP contribution in [0, 0.1) is 0 Å². The normalized spacial score (nSPS) is 11.5. The lowest BCUT2D eigenvalue weighted by molar-refractivity contribution is -0.112. The second-order valence-corrected chi connectivity index (χ2v) is 6.85. The predicted octanol–water partition coefficient (Wildman–Crippen LogP) is 5.41. The maximum absolute atomic E-state index is 11.2. The summed E-state index contributed by atoms with van der Waals surface area (Å²) in [6.07, 6.45) is 3.23. The summed E-state index contributed by atoms with van der Waals surface area (Å²) in [4.78, 5) is 18.0. The molecule has 0 fully saturated rings. The highest BCUT2D eigenvalue weighted by Gasteiger charge is 2.17. The van der Waals surface area contributed by atoms with Crippen LogP contribution in [0.25, 0.3) is 21.0 Å². The summed E-state index contributed by atoms with van der Waals surface area (Å²) >= 11 is 3.28. The van der Waals surface area contributed by atoms with Crippen molar-refractivity contribution >= 4 is 28.5 Å². The number of pyridine rings is 1. The van der Waals surface area contributed by atoms with Gasteiger partial charge in [0.05, 0.1) is 16.1 Å². The number of rotatable bonds is 5. The largest absolute Gasteiger partial charge is 0.461 e. The summed E-state index contributed by atoms with van der Waals surface area (Å²) < 4.78 is 5.93. The van der Waals surface area contributed by atoms with E-state index < -0.39 is 0 Å². The number of thiophene rings is 2. The maximum Gasteiger partial charge on any atom is 0.155 e. The standard InChI is InChI=1S/C18H15NO2S2/c1-12(20)11-13(2)21-14-7-8-19-18(16-6-4-10-23-16)17(14)15-5-3-9-22-15/h3-11H,1-2H3/b13-11+. The molecular formula is C18H15NO2S2. The third-order valence-corrected chi connectivity index (χ3v) is 4.88. The summed E-state index contributed by atoms with van der Waals surface area (Å²) in [7, 11) is 0. The molecular weight excluding hydrogens is 326 g/mol. The smallest absolute Gasteiger partial charge is 0.155 e. The van der Waals surface area contributed by atoms with Crippen LogP contribution in [0.5, 0.6) is 5.75 Å². The molecule has 0 N–H and O–H groups in total. The van der Waals surface area contributed by atoms with E-state index in [-0.39, 0.29) is 5.78 Å². The molecule has 3 aromatic heterocycles. The van der Waals surface area contributed by atoms with Crippen LogP contribution in [0.15, 0.2) is 59.1 Å². The molecule has 0 aliphatic carbocycles. The Morgan fingerprint density at radius 2 is 1.78 bits per heavy atom. The number of carbonyl (C=O) groups excluding carboxylic acids is 1. The summed E-state index contributed by atoms with van der Waals surface area (Å²) in [6.45, 7) is 3.29. The van der Waals surface area contributed by atoms with Crippen LogP contribution in [0.3, 0.4) is 0 Å². The molecule has 0 amide bonds. The lowest BCUT2D eigenvalue weighted by Gasteiger charge is -2.13. The van der Waals surface area contributed by atoms with Gasteiger partial charge in [-0.05, 0) is 42.8 Å². The van der Waals surface area contributed by atoms with Gasteiger partial charge in [-0.15, -0.1) is 22.7 Å². The molecule has 116 valence electrons. The number of carbonyl (C=O) groups is 1. The molecule has 3 heterocycles. The van der Waals surface area contributed by atoms with E-state index in [1.54, 1.807) is 35.8 Å². The van der Waals surface area contributed by atoms with Gasteiger partial charge in [0.2, 0.25) is 0 Å². The van der Waals surface area contributed by atoms with Gasteiger partial charge in [0, 0.05) is 17.2 Å². The van der Waals surface area contributed by atoms with Gasteiger partial charge >= 0.3 is 0 Å². The Labute approximate surface area is 142 Å². The van der Waals surface area contributed by atoms with Gasteiger partial charge < -0.3 is 4.74 Å². The van der Waals surface area contributed by atoms with Crippen LogP contribution >= 0.6 is 22.7 Å². The quantitative estimate of drug-likeness (QED) is 0.460. The summed E-state index contributed by atoms with van der Waals surface area (Å²) in [5.41, 5.74) is 1.86. The molecule has 0 bridgehead atoms. The van der Waals surface area contributed by atoms with Crippen LogP contribution in [0.4, 0.5) is 0 Å². The maximum atomic E-state index is 11.2. The molecule has 5 heteroatoms. The Morgan fingerprint density at radius 3 is 2.39 bits per heavy atom. The molecule has 0 unspecified atom stereocenters. The van der Waals surface area contributed by atoms with E-state index in [2.05, 4.69) is 11.1 Å². The molecule has 3 nitrogen and oxygen atoms in total. The van der Waals surface area contributed by atoms with Gasteiger partial charge in [0.25, 0.3) is 0 Å². The first kappa shape index (κ1) is 15.6. The van der Waals surface area contributed by atoms with Gasteiger partial charge in [-0.25, -0.2) is 0 Å². The molecule has 0 saturated carbocycles. The van der Waals surface area contributed by atoms with E-state index in [0.717, 1.165) is 21.0 Å². The van der Waals surface area contributed by atoms with Crippen molar-refractivity contribution in [2.45, 2.75) is 13.8 Å². The summed E-state index contributed by atoms with van der Waals surface area (Å²) in [5.74, 6) is 1.24. The minimum Gasteiger partial charge on any atom is -0.461 e. The topological polar surface area (TPSA) is 39.2 Å². The van der Waals surface area contributed by atoms with Crippen molar-refractivity contribution in [2.24, 2.45) is 0 Å². The second-order valence-electron chi connectivity index (χ2n) is 4.95. The van der Waals surface area contributed by atoms with Crippen LogP contribution in [-0.4, -0.2) is 10.8 Å². The third-order valence-electron chi connectivity index (χ3n) is 3.11. The average Bonchev–Trinajstić information content (AvgIpc) is 3.20. The summed E-state index contributed by atoms with van der Waals surface area (Å²) in [6, 6.07) is 9.95. The molecule has 0 aliphatic heterocycles. The van der Waals surface area contributed by atoms with Gasteiger partial charge in [0.1, 0.15) is 11.5 Å². The first-order chi connectivity index (χ1) is 11.1. The van der Waals surface area contributed by atoms with Crippen molar-refractivity contribution in [1.29, 1.82) is 0 Å². The lowest BCUT2D eigenvalue weighted by atomic mass is 10.1. The Bertz CT molecular complexity index is 834. The Kier molecular flexibility index (Phi) is 4.69. The molecule has 0 radical (unpaired) electrons. The van der Waals surface area contributed by atoms with Crippen LogP contribution in [0.1, 0.15) is 13.8 Å². The first-order valence-electron chi connectivity index (χ1n) is 7.08. The van der Waals surface area contributed by atoms with Crippen molar-refractivity contribution in [3.05, 3.63) is 59.1 Å². The SMILES string of the molecule is CC(=O)/C=C(\C)Oc1ccnc(-c2cccs2)c1-c1cccs1. The average molecular weight is 341 g/mol. The highest BCUT2D eigenvalue weighted by Crippen LogP contribution is 2.41. The fourth-order valence-corrected chi connectivity index (χ4v) is 3.78. The van der Waals surface area contributed by atoms with E-state index in [4.69, 9.17) is 4.74 Å². The van der Waals surface area contributed by atoms with Crippen molar-refractivity contribution in [2.75, 3.05) is 0 Å². The number of nitrogens with zero attached hydrogens (tertiary/aromatic N) is 1. The highest BCUT2D eigenvalue weighted by molar-refractivity contribution is 7.14. The summed E-state index contributed by atoms with van der Waals surface area (Å²) in [5, 5.41) is 4.06. The fourth-order valence-electron chi connectivity index (χ4n) is 2.28. The fraction of sp³-hybridized carbons (Fsp3) is 0.111. The Hall–Kier alpha value is -2.24. The number of hydrogen-bond acceptors (Lipinski definition) is 5. The van der Waals surface area contributed by atoms with Crippen molar-refractivity contribution < 1.29 is 9.53 Å². The van der Waals surface area contributed by atoms with Crippen LogP contribution < -0.4 is 4.74 Å². The number of hydrogen-bond donors (Lipinski definition) is 0. The molecule has 0 aliphatic rings. The molecule has 0 aromatic carbocycles. The van der Waals surface area contributed by atoms with Crippen molar-refractivity contribution in [1.82, 2.24) is 4.98 Å². The number of aromatic nitrogens is 1. The van der Waals surface area contributed by atoms with Crippen LogP contribution in [0.2, 0.25) is 0 Å².